The quantitative estimate of drug-likeness (QED) is 0.651. The van der Waals surface area contributed by atoms with E-state index < -0.39 is 12.1 Å². The zero-order chi connectivity index (χ0) is 18.4. The first-order valence-electron chi connectivity index (χ1n) is 8.48. The number of morpholine rings is 1. The van der Waals surface area contributed by atoms with Crippen molar-refractivity contribution in [2.45, 2.75) is 56.5 Å². The number of urea groups is 1. The maximum Gasteiger partial charge on any atom is 0.490 e. The van der Waals surface area contributed by atoms with Crippen LogP contribution < -0.4 is 10.6 Å². The highest BCUT2D eigenvalue weighted by atomic mass is 19.4. The summed E-state index contributed by atoms with van der Waals surface area (Å²) in [6, 6.07) is 0.730. The molecule has 3 rings (SSSR count). The second kappa shape index (κ2) is 8.70. The molecule has 0 aromatic heterocycles. The number of rotatable bonds is 1. The number of hydrogen-bond acceptors (Lipinski definition) is 4. The average Bonchev–Trinajstić information content (AvgIpc) is 3.04. The van der Waals surface area contributed by atoms with Crippen LogP contribution in [0.15, 0.2) is 0 Å². The largest absolute Gasteiger partial charge is 0.490 e. The first kappa shape index (κ1) is 19.8. The topological polar surface area (TPSA) is 90.9 Å². The molecule has 10 heteroatoms. The smallest absolute Gasteiger partial charge is 0.475 e. The first-order valence-corrected chi connectivity index (χ1v) is 8.48. The Hall–Kier alpha value is -1.55. The Morgan fingerprint density at radius 3 is 2.40 bits per heavy atom. The van der Waals surface area contributed by atoms with Crippen LogP contribution in [-0.4, -0.2) is 72.6 Å². The van der Waals surface area contributed by atoms with Crippen LogP contribution in [0.3, 0.4) is 0 Å². The van der Waals surface area contributed by atoms with Crippen LogP contribution in [0.4, 0.5) is 18.0 Å². The van der Waals surface area contributed by atoms with Crippen molar-refractivity contribution in [1.82, 2.24) is 15.5 Å². The SMILES string of the molecule is O=C(NC1CCCCC1)N1CCO[C@@H]2CNC[C@@H]21.O=C(O)C(F)(F)F. The summed E-state index contributed by atoms with van der Waals surface area (Å²) >= 11 is 0. The number of hydrogen-bond donors (Lipinski definition) is 3. The van der Waals surface area contributed by atoms with Gasteiger partial charge in [-0.2, -0.15) is 13.2 Å². The van der Waals surface area contributed by atoms with Gasteiger partial charge in [0.1, 0.15) is 0 Å². The lowest BCUT2D eigenvalue weighted by Crippen LogP contribution is -2.57. The molecule has 2 saturated heterocycles. The number of nitrogens with one attached hydrogen (secondary N) is 2. The molecule has 0 spiro atoms. The minimum atomic E-state index is -5.08. The number of nitrogens with zero attached hydrogens (tertiary/aromatic N) is 1. The van der Waals surface area contributed by atoms with Gasteiger partial charge in [-0.15, -0.1) is 0 Å². The highest BCUT2D eigenvalue weighted by Crippen LogP contribution is 2.20. The van der Waals surface area contributed by atoms with E-state index in [0.29, 0.717) is 12.6 Å². The molecule has 25 heavy (non-hydrogen) atoms. The molecule has 0 radical (unpaired) electrons. The lowest BCUT2D eigenvalue weighted by molar-refractivity contribution is -0.192. The number of fused-ring (bicyclic) bond motifs is 1. The number of carbonyl (C=O) groups is 2. The van der Waals surface area contributed by atoms with Crippen LogP contribution in [0.2, 0.25) is 0 Å². The summed E-state index contributed by atoms with van der Waals surface area (Å²) in [7, 11) is 0. The van der Waals surface area contributed by atoms with Gasteiger partial charge in [0.2, 0.25) is 0 Å². The second-order valence-electron chi connectivity index (χ2n) is 6.42. The number of aliphatic carboxylic acids is 1. The number of carbonyl (C=O) groups excluding carboxylic acids is 1. The van der Waals surface area contributed by atoms with Gasteiger partial charge in [-0.05, 0) is 12.8 Å². The Morgan fingerprint density at radius 2 is 1.80 bits per heavy atom. The fourth-order valence-electron chi connectivity index (χ4n) is 3.35. The highest BCUT2D eigenvalue weighted by molar-refractivity contribution is 5.75. The molecule has 7 nitrogen and oxygen atoms in total. The van der Waals surface area contributed by atoms with E-state index in [4.69, 9.17) is 14.6 Å². The molecular weight excluding hydrogens is 343 g/mol. The van der Waals surface area contributed by atoms with E-state index in [1.54, 1.807) is 0 Å². The number of halogens is 3. The van der Waals surface area contributed by atoms with Crippen LogP contribution in [0.5, 0.6) is 0 Å². The summed E-state index contributed by atoms with van der Waals surface area (Å²) in [4.78, 5) is 23.2. The van der Waals surface area contributed by atoms with E-state index in [1.165, 1.54) is 19.3 Å². The third-order valence-electron chi connectivity index (χ3n) is 4.63. The third-order valence-corrected chi connectivity index (χ3v) is 4.63. The lowest BCUT2D eigenvalue weighted by atomic mass is 9.96. The minimum absolute atomic E-state index is 0.115. The molecule has 0 aromatic carbocycles. The third kappa shape index (κ3) is 5.74. The Kier molecular flexibility index (Phi) is 6.88. The highest BCUT2D eigenvalue weighted by Gasteiger charge is 2.39. The fraction of sp³-hybridized carbons (Fsp3) is 0.867. The van der Waals surface area contributed by atoms with Gasteiger partial charge in [-0.25, -0.2) is 9.59 Å². The summed E-state index contributed by atoms with van der Waals surface area (Å²) in [5.74, 6) is -2.76. The maximum absolute atomic E-state index is 12.3. The molecule has 0 bridgehead atoms. The molecule has 2 aliphatic heterocycles. The maximum atomic E-state index is 12.3. The van der Waals surface area contributed by atoms with Gasteiger partial charge >= 0.3 is 18.2 Å². The van der Waals surface area contributed by atoms with Crippen LogP contribution in [0.25, 0.3) is 0 Å². The van der Waals surface area contributed by atoms with Crippen molar-refractivity contribution < 1.29 is 32.6 Å². The predicted octanol–water partition coefficient (Wildman–Crippen LogP) is 1.33. The zero-order valence-electron chi connectivity index (χ0n) is 13.8. The van der Waals surface area contributed by atoms with Crippen molar-refractivity contribution in [1.29, 1.82) is 0 Å². The summed E-state index contributed by atoms with van der Waals surface area (Å²) in [6.07, 6.45) is 1.21. The fourth-order valence-corrected chi connectivity index (χ4v) is 3.35. The van der Waals surface area contributed by atoms with Gasteiger partial charge in [-0.3, -0.25) is 0 Å². The van der Waals surface area contributed by atoms with Gasteiger partial charge in [0, 0.05) is 25.7 Å². The summed E-state index contributed by atoms with van der Waals surface area (Å²) < 4.78 is 37.4. The molecule has 0 aromatic rings. The standard InChI is InChI=1S/C13H23N3O2.C2HF3O2/c17-13(15-10-4-2-1-3-5-10)16-6-7-18-12-9-14-8-11(12)16;3-2(4,5)1(6)7/h10-12,14H,1-9H2,(H,15,17);(H,6,7)/t11-,12+;/m0./s1. The van der Waals surface area contributed by atoms with E-state index in [-0.39, 0.29) is 18.2 Å². The Balaban J connectivity index is 0.000000277. The molecule has 1 aliphatic carbocycles. The van der Waals surface area contributed by atoms with Crippen LogP contribution in [0, 0.1) is 0 Å². The molecule has 3 aliphatic rings. The summed E-state index contributed by atoms with van der Waals surface area (Å²) in [6.45, 7) is 3.13. The van der Waals surface area contributed by atoms with E-state index >= 15 is 0 Å². The lowest BCUT2D eigenvalue weighted by Gasteiger charge is -2.38. The summed E-state index contributed by atoms with van der Waals surface area (Å²) in [5, 5.41) is 13.6. The van der Waals surface area contributed by atoms with Crippen molar-refractivity contribution in [3.8, 4) is 0 Å². The van der Waals surface area contributed by atoms with Gasteiger partial charge < -0.3 is 25.4 Å². The molecule has 1 saturated carbocycles. The van der Waals surface area contributed by atoms with Gasteiger partial charge in [0.25, 0.3) is 0 Å². The van der Waals surface area contributed by atoms with Crippen molar-refractivity contribution in [2.75, 3.05) is 26.2 Å². The summed E-state index contributed by atoms with van der Waals surface area (Å²) in [5.41, 5.74) is 0. The van der Waals surface area contributed by atoms with E-state index in [1.807, 2.05) is 4.90 Å². The molecule has 2 atom stereocenters. The van der Waals surface area contributed by atoms with Crippen LogP contribution >= 0.6 is 0 Å². The molecule has 3 N–H and O–H groups in total. The number of carboxylic acids is 1. The van der Waals surface area contributed by atoms with Crippen LogP contribution in [-0.2, 0) is 9.53 Å². The monoisotopic (exact) mass is 367 g/mol. The zero-order valence-corrected chi connectivity index (χ0v) is 13.8. The van der Waals surface area contributed by atoms with Crippen molar-refractivity contribution in [3.05, 3.63) is 0 Å². The number of carboxylic acid groups (broad SMARTS) is 1. The molecule has 144 valence electrons. The van der Waals surface area contributed by atoms with E-state index in [0.717, 1.165) is 32.5 Å². The normalized spacial score (nSPS) is 27.1. The molecule has 2 amide bonds. The van der Waals surface area contributed by atoms with Gasteiger partial charge in [0.15, 0.2) is 0 Å². The second-order valence-corrected chi connectivity index (χ2v) is 6.42. The van der Waals surface area contributed by atoms with E-state index in [9.17, 15) is 18.0 Å². The number of ether oxygens (including phenoxy) is 1. The van der Waals surface area contributed by atoms with Gasteiger partial charge in [-0.1, -0.05) is 19.3 Å². The van der Waals surface area contributed by atoms with Crippen molar-refractivity contribution >= 4 is 12.0 Å². The molecular formula is C15H24F3N3O4. The number of amides is 2. The van der Waals surface area contributed by atoms with E-state index in [2.05, 4.69) is 10.6 Å². The van der Waals surface area contributed by atoms with Crippen molar-refractivity contribution in [2.24, 2.45) is 0 Å². The molecule has 3 fully saturated rings. The Morgan fingerprint density at radius 1 is 1.16 bits per heavy atom. The van der Waals surface area contributed by atoms with Gasteiger partial charge in [0.05, 0.1) is 18.8 Å². The van der Waals surface area contributed by atoms with Crippen molar-refractivity contribution in [3.63, 3.8) is 0 Å². The van der Waals surface area contributed by atoms with Crippen LogP contribution in [0.1, 0.15) is 32.1 Å². The first-order chi connectivity index (χ1) is 11.8. The number of alkyl halides is 3. The predicted molar refractivity (Wildman–Crippen MR) is 82.2 cm³/mol. The molecule has 2 heterocycles. The average molecular weight is 367 g/mol. The minimum Gasteiger partial charge on any atom is -0.475 e. The Bertz CT molecular complexity index is 469. The Labute approximate surface area is 143 Å². The molecule has 0 unspecified atom stereocenters.